The average Bonchev–Trinajstić information content (AvgIpc) is 2.50. The zero-order valence-corrected chi connectivity index (χ0v) is 12.0. The summed E-state index contributed by atoms with van der Waals surface area (Å²) in [5.41, 5.74) is 1.41. The summed E-state index contributed by atoms with van der Waals surface area (Å²) in [5, 5.41) is 3.62. The number of nitrogens with zero attached hydrogens (tertiary/aromatic N) is 1. The van der Waals surface area contributed by atoms with Gasteiger partial charge in [0, 0.05) is 32.2 Å². The standard InChI is InChI=1S/C16H24N2O2/c1-2-4-14(5-3-1)10-15-11-18(7-6-17-15)12-16-13-19-8-9-20-16/h1-5,15-17H,6-13H2. The van der Waals surface area contributed by atoms with E-state index in [1.807, 2.05) is 0 Å². The van der Waals surface area contributed by atoms with Crippen LogP contribution >= 0.6 is 0 Å². The van der Waals surface area contributed by atoms with E-state index in [2.05, 4.69) is 40.5 Å². The largest absolute Gasteiger partial charge is 0.376 e. The second-order valence-corrected chi connectivity index (χ2v) is 5.67. The van der Waals surface area contributed by atoms with Crippen LogP contribution in [0.25, 0.3) is 0 Å². The summed E-state index contributed by atoms with van der Waals surface area (Å²) in [6.07, 6.45) is 1.35. The number of hydrogen-bond donors (Lipinski definition) is 1. The minimum Gasteiger partial charge on any atom is -0.376 e. The lowest BCUT2D eigenvalue weighted by Crippen LogP contribution is -2.54. The van der Waals surface area contributed by atoms with E-state index in [1.54, 1.807) is 0 Å². The van der Waals surface area contributed by atoms with Gasteiger partial charge in [0.05, 0.1) is 25.9 Å². The van der Waals surface area contributed by atoms with E-state index in [1.165, 1.54) is 5.56 Å². The summed E-state index contributed by atoms with van der Waals surface area (Å²) in [5.74, 6) is 0. The quantitative estimate of drug-likeness (QED) is 0.886. The van der Waals surface area contributed by atoms with Crippen LogP contribution in [0, 0.1) is 0 Å². The predicted octanol–water partition coefficient (Wildman–Crippen LogP) is 0.918. The highest BCUT2D eigenvalue weighted by atomic mass is 16.6. The lowest BCUT2D eigenvalue weighted by atomic mass is 10.0. The molecular weight excluding hydrogens is 252 g/mol. The first-order chi connectivity index (χ1) is 9.90. The van der Waals surface area contributed by atoms with Crippen molar-refractivity contribution >= 4 is 0 Å². The predicted molar refractivity (Wildman–Crippen MR) is 78.9 cm³/mol. The number of nitrogens with one attached hydrogen (secondary N) is 1. The zero-order valence-electron chi connectivity index (χ0n) is 12.0. The van der Waals surface area contributed by atoms with Gasteiger partial charge in [-0.15, -0.1) is 0 Å². The van der Waals surface area contributed by atoms with Crippen LogP contribution in [0.3, 0.4) is 0 Å². The number of ether oxygens (including phenoxy) is 2. The van der Waals surface area contributed by atoms with Crippen LogP contribution in [0.15, 0.2) is 30.3 Å². The molecule has 2 aliphatic rings. The molecule has 0 aromatic heterocycles. The molecule has 2 fully saturated rings. The Bertz CT molecular complexity index is 393. The number of rotatable bonds is 4. The molecule has 4 nitrogen and oxygen atoms in total. The van der Waals surface area contributed by atoms with E-state index in [9.17, 15) is 0 Å². The molecule has 2 aliphatic heterocycles. The molecule has 1 aromatic carbocycles. The van der Waals surface area contributed by atoms with Crippen LogP contribution in [0.1, 0.15) is 5.56 Å². The summed E-state index contributed by atoms with van der Waals surface area (Å²) < 4.78 is 11.2. The summed E-state index contributed by atoms with van der Waals surface area (Å²) in [7, 11) is 0. The lowest BCUT2D eigenvalue weighted by molar-refractivity contribution is -0.0989. The van der Waals surface area contributed by atoms with Crippen LogP contribution in [0.5, 0.6) is 0 Å². The molecule has 0 aliphatic carbocycles. The summed E-state index contributed by atoms with van der Waals surface area (Å²) >= 11 is 0. The fourth-order valence-corrected chi connectivity index (χ4v) is 3.03. The van der Waals surface area contributed by atoms with Crippen molar-refractivity contribution in [2.24, 2.45) is 0 Å². The van der Waals surface area contributed by atoms with Crippen LogP contribution in [0.4, 0.5) is 0 Å². The molecule has 0 spiro atoms. The Kier molecular flexibility index (Phi) is 5.03. The molecule has 0 bridgehead atoms. The zero-order chi connectivity index (χ0) is 13.6. The molecule has 1 N–H and O–H groups in total. The van der Waals surface area contributed by atoms with E-state index in [0.717, 1.165) is 52.4 Å². The van der Waals surface area contributed by atoms with Crippen LogP contribution in [-0.2, 0) is 15.9 Å². The molecule has 3 rings (SSSR count). The third kappa shape index (κ3) is 4.03. The van der Waals surface area contributed by atoms with E-state index in [0.29, 0.717) is 6.04 Å². The fourth-order valence-electron chi connectivity index (χ4n) is 3.03. The van der Waals surface area contributed by atoms with Crippen LogP contribution in [-0.4, -0.2) is 63.0 Å². The molecule has 2 saturated heterocycles. The lowest BCUT2D eigenvalue weighted by Gasteiger charge is -2.36. The van der Waals surface area contributed by atoms with Crippen molar-refractivity contribution in [1.29, 1.82) is 0 Å². The van der Waals surface area contributed by atoms with Gasteiger partial charge in [0.1, 0.15) is 0 Å². The third-order valence-electron chi connectivity index (χ3n) is 4.01. The van der Waals surface area contributed by atoms with Gasteiger partial charge in [-0.1, -0.05) is 30.3 Å². The van der Waals surface area contributed by atoms with Gasteiger partial charge in [0.2, 0.25) is 0 Å². The Morgan fingerprint density at radius 1 is 1.20 bits per heavy atom. The molecule has 2 unspecified atom stereocenters. The van der Waals surface area contributed by atoms with E-state index in [-0.39, 0.29) is 6.10 Å². The van der Waals surface area contributed by atoms with Crippen molar-refractivity contribution < 1.29 is 9.47 Å². The van der Waals surface area contributed by atoms with Crippen molar-refractivity contribution in [3.05, 3.63) is 35.9 Å². The van der Waals surface area contributed by atoms with Crippen molar-refractivity contribution in [2.45, 2.75) is 18.6 Å². The minimum atomic E-state index is 0.249. The number of benzene rings is 1. The van der Waals surface area contributed by atoms with Gasteiger partial charge in [-0.2, -0.15) is 0 Å². The highest BCUT2D eigenvalue weighted by Crippen LogP contribution is 2.10. The maximum atomic E-state index is 5.75. The maximum Gasteiger partial charge on any atom is 0.0936 e. The SMILES string of the molecule is c1ccc(CC2CN(CC3COCCO3)CCN2)cc1. The first-order valence-electron chi connectivity index (χ1n) is 7.59. The first-order valence-corrected chi connectivity index (χ1v) is 7.59. The Labute approximate surface area is 121 Å². The monoisotopic (exact) mass is 276 g/mol. The third-order valence-corrected chi connectivity index (χ3v) is 4.01. The molecular formula is C16H24N2O2. The second-order valence-electron chi connectivity index (χ2n) is 5.67. The van der Waals surface area contributed by atoms with E-state index >= 15 is 0 Å². The number of hydrogen-bond acceptors (Lipinski definition) is 4. The Morgan fingerprint density at radius 2 is 2.10 bits per heavy atom. The van der Waals surface area contributed by atoms with Gasteiger partial charge in [-0.25, -0.2) is 0 Å². The summed E-state index contributed by atoms with van der Waals surface area (Å²) in [4.78, 5) is 2.50. The molecule has 0 saturated carbocycles. The maximum absolute atomic E-state index is 5.75. The van der Waals surface area contributed by atoms with Gasteiger partial charge < -0.3 is 14.8 Å². The van der Waals surface area contributed by atoms with Crippen LogP contribution < -0.4 is 5.32 Å². The minimum absolute atomic E-state index is 0.249. The Hall–Kier alpha value is -0.940. The first kappa shape index (κ1) is 14.0. The van der Waals surface area contributed by atoms with Crippen molar-refractivity contribution in [3.8, 4) is 0 Å². The van der Waals surface area contributed by atoms with Gasteiger partial charge in [-0.3, -0.25) is 4.90 Å². The molecule has 1 aromatic rings. The fraction of sp³-hybridized carbons (Fsp3) is 0.625. The molecule has 20 heavy (non-hydrogen) atoms. The van der Waals surface area contributed by atoms with Gasteiger partial charge in [-0.05, 0) is 12.0 Å². The van der Waals surface area contributed by atoms with Crippen LogP contribution in [0.2, 0.25) is 0 Å². The average molecular weight is 276 g/mol. The molecule has 110 valence electrons. The number of piperazine rings is 1. The van der Waals surface area contributed by atoms with Gasteiger partial charge in [0.25, 0.3) is 0 Å². The highest BCUT2D eigenvalue weighted by molar-refractivity contribution is 5.16. The highest BCUT2D eigenvalue weighted by Gasteiger charge is 2.23. The molecule has 2 heterocycles. The second kappa shape index (κ2) is 7.18. The smallest absolute Gasteiger partial charge is 0.0936 e. The van der Waals surface area contributed by atoms with E-state index < -0.39 is 0 Å². The molecule has 0 amide bonds. The summed E-state index contributed by atoms with van der Waals surface area (Å²) in [6, 6.07) is 11.3. The van der Waals surface area contributed by atoms with Gasteiger partial charge in [0.15, 0.2) is 0 Å². The summed E-state index contributed by atoms with van der Waals surface area (Å²) in [6.45, 7) is 6.48. The van der Waals surface area contributed by atoms with E-state index in [4.69, 9.17) is 9.47 Å². The Morgan fingerprint density at radius 3 is 2.90 bits per heavy atom. The molecule has 2 atom stereocenters. The Balaban J connectivity index is 1.48. The van der Waals surface area contributed by atoms with Crippen molar-refractivity contribution in [3.63, 3.8) is 0 Å². The molecule has 0 radical (unpaired) electrons. The topological polar surface area (TPSA) is 33.7 Å². The van der Waals surface area contributed by atoms with Gasteiger partial charge >= 0.3 is 0 Å². The molecule has 4 heteroatoms. The van der Waals surface area contributed by atoms with Crippen molar-refractivity contribution in [2.75, 3.05) is 46.0 Å². The van der Waals surface area contributed by atoms with Crippen molar-refractivity contribution in [1.82, 2.24) is 10.2 Å². The normalized spacial score (nSPS) is 28.4.